The first-order chi connectivity index (χ1) is 27.5. The molecule has 0 N–H and O–H groups in total. The highest BCUT2D eigenvalue weighted by Crippen LogP contribution is 2.49. The van der Waals surface area contributed by atoms with Crippen LogP contribution in [-0.2, 0) is 5.41 Å². The third-order valence-corrected chi connectivity index (χ3v) is 12.6. The highest BCUT2D eigenvalue weighted by Gasteiger charge is 2.34. The zero-order chi connectivity index (χ0) is 37.3. The van der Waals surface area contributed by atoms with Crippen molar-refractivity contribution in [2.75, 3.05) is 0 Å². The molecule has 56 heavy (non-hydrogen) atoms. The van der Waals surface area contributed by atoms with Crippen molar-refractivity contribution in [2.45, 2.75) is 26.2 Å². The summed E-state index contributed by atoms with van der Waals surface area (Å²) in [6.45, 7) is 6.91. The molecule has 0 saturated heterocycles. The summed E-state index contributed by atoms with van der Waals surface area (Å²) in [6, 6.07) is 59.5. The van der Waals surface area contributed by atoms with Gasteiger partial charge in [-0.3, -0.25) is 0 Å². The molecule has 1 aliphatic rings. The fourth-order valence-corrected chi connectivity index (χ4v) is 9.83. The normalized spacial score (nSPS) is 13.4. The minimum atomic E-state index is -0.103. The summed E-state index contributed by atoms with van der Waals surface area (Å²) in [7, 11) is 0. The Morgan fingerprint density at radius 3 is 2.11 bits per heavy atom. The van der Waals surface area contributed by atoms with Crippen LogP contribution in [0.5, 0.6) is 0 Å². The number of furan rings is 1. The number of pyridine rings is 1. The van der Waals surface area contributed by atoms with Gasteiger partial charge in [0.15, 0.2) is 0 Å². The Hall–Kier alpha value is -6.97. The van der Waals surface area contributed by atoms with E-state index in [9.17, 15) is 0 Å². The van der Waals surface area contributed by atoms with Crippen LogP contribution < -0.4 is 0 Å². The van der Waals surface area contributed by atoms with Gasteiger partial charge < -0.3 is 8.98 Å². The molecule has 0 unspecified atom stereocenters. The van der Waals surface area contributed by atoms with Gasteiger partial charge in [0.2, 0.25) is 0 Å². The van der Waals surface area contributed by atoms with E-state index in [1.165, 1.54) is 65.6 Å². The van der Waals surface area contributed by atoms with E-state index >= 15 is 0 Å². The van der Waals surface area contributed by atoms with Crippen molar-refractivity contribution in [1.29, 1.82) is 0 Å². The zero-order valence-electron chi connectivity index (χ0n) is 31.4. The lowest BCUT2D eigenvalue weighted by atomic mass is 9.69. The predicted molar refractivity (Wildman–Crippen MR) is 234 cm³/mol. The maximum absolute atomic E-state index is 6.49. The maximum Gasteiger partial charge on any atom is 0.143 e. The summed E-state index contributed by atoms with van der Waals surface area (Å²) in [6.07, 6.45) is 0. The lowest BCUT2D eigenvalue weighted by Gasteiger charge is -2.35. The number of para-hydroxylation sites is 2. The van der Waals surface area contributed by atoms with Crippen LogP contribution in [0.15, 0.2) is 168 Å². The minimum Gasteiger partial charge on any atom is -0.455 e. The van der Waals surface area contributed by atoms with Crippen molar-refractivity contribution < 1.29 is 4.42 Å². The molecule has 3 heteroatoms. The van der Waals surface area contributed by atoms with Crippen LogP contribution in [0.1, 0.15) is 30.5 Å². The molecule has 0 spiro atoms. The van der Waals surface area contributed by atoms with E-state index in [-0.39, 0.29) is 5.41 Å². The molecule has 0 saturated carbocycles. The van der Waals surface area contributed by atoms with Crippen molar-refractivity contribution >= 4 is 65.3 Å². The predicted octanol–water partition coefficient (Wildman–Crippen LogP) is 14.3. The second-order valence-electron chi connectivity index (χ2n) is 15.9. The highest BCUT2D eigenvalue weighted by atomic mass is 16.3. The largest absolute Gasteiger partial charge is 0.455 e. The molecule has 3 nitrogen and oxygen atoms in total. The van der Waals surface area contributed by atoms with Gasteiger partial charge in [-0.25, -0.2) is 4.98 Å². The molecule has 12 rings (SSSR count). The van der Waals surface area contributed by atoms with Gasteiger partial charge in [-0.1, -0.05) is 147 Å². The second-order valence-corrected chi connectivity index (χ2v) is 15.9. The number of rotatable bonds is 3. The van der Waals surface area contributed by atoms with Crippen molar-refractivity contribution in [3.63, 3.8) is 0 Å². The molecule has 11 aromatic rings. The lowest BCUT2D eigenvalue weighted by Crippen LogP contribution is -2.24. The fourth-order valence-electron chi connectivity index (χ4n) is 9.83. The van der Waals surface area contributed by atoms with Crippen molar-refractivity contribution in [3.8, 4) is 39.3 Å². The van der Waals surface area contributed by atoms with Gasteiger partial charge in [-0.2, -0.15) is 0 Å². The van der Waals surface area contributed by atoms with Crippen LogP contribution in [0.2, 0.25) is 0 Å². The molecule has 264 valence electrons. The number of nitrogens with zero attached hydrogens (tertiary/aromatic N) is 2. The Kier molecular flexibility index (Phi) is 6.32. The maximum atomic E-state index is 6.49. The van der Waals surface area contributed by atoms with Crippen LogP contribution in [0.3, 0.4) is 0 Å². The molecule has 0 radical (unpaired) electrons. The van der Waals surface area contributed by atoms with E-state index in [0.717, 1.165) is 55.7 Å². The van der Waals surface area contributed by atoms with E-state index in [4.69, 9.17) is 9.40 Å². The van der Waals surface area contributed by atoms with E-state index < -0.39 is 0 Å². The van der Waals surface area contributed by atoms with Crippen molar-refractivity contribution in [3.05, 3.63) is 180 Å². The average Bonchev–Trinajstić information content (AvgIpc) is 3.79. The van der Waals surface area contributed by atoms with Gasteiger partial charge >= 0.3 is 0 Å². The minimum absolute atomic E-state index is 0.103. The lowest BCUT2D eigenvalue weighted by molar-refractivity contribution is 0.644. The molecule has 1 aliphatic carbocycles. The number of hydrogen-bond acceptors (Lipinski definition) is 2. The van der Waals surface area contributed by atoms with Crippen LogP contribution in [-0.4, -0.2) is 9.55 Å². The Labute approximate surface area is 324 Å². The SMILES string of the molecule is Cc1c(-c2ccc(-n3c4ccc(-c5cccc6c5oc5ccccc56)cc4c4ccc5ccccc5c43)cc2)nc2c3c(cccc13)C(C)(C)c1ccccc1-2. The zero-order valence-corrected chi connectivity index (χ0v) is 31.4. The van der Waals surface area contributed by atoms with Gasteiger partial charge in [-0.15, -0.1) is 0 Å². The van der Waals surface area contributed by atoms with Gasteiger partial charge in [0.05, 0.1) is 22.4 Å². The third kappa shape index (κ3) is 4.20. The Bertz CT molecular complexity index is 3450. The second kappa shape index (κ2) is 11.3. The summed E-state index contributed by atoms with van der Waals surface area (Å²) < 4.78 is 8.93. The van der Waals surface area contributed by atoms with E-state index in [2.05, 4.69) is 183 Å². The van der Waals surface area contributed by atoms with E-state index in [1.54, 1.807) is 0 Å². The molecule has 0 bridgehead atoms. The first-order valence-electron chi connectivity index (χ1n) is 19.5. The summed E-state index contributed by atoms with van der Waals surface area (Å²) >= 11 is 0. The van der Waals surface area contributed by atoms with Gasteiger partial charge in [0.25, 0.3) is 0 Å². The van der Waals surface area contributed by atoms with Crippen molar-refractivity contribution in [2.24, 2.45) is 0 Å². The molecule has 0 aliphatic heterocycles. The monoisotopic (exact) mass is 716 g/mol. The van der Waals surface area contributed by atoms with Gasteiger partial charge in [0, 0.05) is 60.1 Å². The summed E-state index contributed by atoms with van der Waals surface area (Å²) in [5.74, 6) is 0. The molecule has 3 aromatic heterocycles. The number of fused-ring (bicyclic) bond motifs is 10. The van der Waals surface area contributed by atoms with Crippen LogP contribution in [0.25, 0.3) is 105 Å². The summed E-state index contributed by atoms with van der Waals surface area (Å²) in [4.78, 5) is 5.50. The third-order valence-electron chi connectivity index (χ3n) is 12.6. The number of benzene rings is 8. The Balaban J connectivity index is 1.05. The first kappa shape index (κ1) is 31.4. The molecule has 0 fully saturated rings. The standard InChI is InChI=1S/C53H36N2O/c1-31-36-16-11-20-45-48(36)50(42-15-6-8-19-44(42)53(45,2)3)54-49(31)33-22-26-35(27-23-33)55-46-29-25-34(30-43(46)40-28-24-32-12-4-5-13-37(32)51(40)55)38-17-10-18-41-39-14-7-9-21-47(39)56-52(38)41/h4-30H,1-3H3. The molecular formula is C53H36N2O. The van der Waals surface area contributed by atoms with E-state index in [0.29, 0.717) is 0 Å². The number of hydrogen-bond donors (Lipinski definition) is 0. The van der Waals surface area contributed by atoms with Crippen molar-refractivity contribution in [1.82, 2.24) is 9.55 Å². The fraction of sp³-hybridized carbons (Fsp3) is 0.0755. The summed E-state index contributed by atoms with van der Waals surface area (Å²) in [5, 5.41) is 9.73. The van der Waals surface area contributed by atoms with Crippen LogP contribution >= 0.6 is 0 Å². The average molecular weight is 717 g/mol. The Morgan fingerprint density at radius 1 is 0.518 bits per heavy atom. The van der Waals surface area contributed by atoms with E-state index in [1.807, 2.05) is 6.07 Å². The van der Waals surface area contributed by atoms with Crippen LogP contribution in [0, 0.1) is 6.92 Å². The molecular weight excluding hydrogens is 681 g/mol. The van der Waals surface area contributed by atoms with Crippen LogP contribution in [0.4, 0.5) is 0 Å². The molecule has 8 aromatic carbocycles. The highest BCUT2D eigenvalue weighted by molar-refractivity contribution is 6.20. The number of aryl methyl sites for hydroxylation is 1. The molecule has 0 amide bonds. The quantitative estimate of drug-likeness (QED) is 0.182. The molecule has 0 atom stereocenters. The number of aromatic nitrogens is 2. The van der Waals surface area contributed by atoms with Gasteiger partial charge in [0.1, 0.15) is 11.2 Å². The topological polar surface area (TPSA) is 31.0 Å². The van der Waals surface area contributed by atoms with Gasteiger partial charge in [-0.05, 0) is 70.3 Å². The smallest absolute Gasteiger partial charge is 0.143 e. The Morgan fingerprint density at radius 2 is 1.21 bits per heavy atom. The first-order valence-corrected chi connectivity index (χ1v) is 19.5. The summed E-state index contributed by atoms with van der Waals surface area (Å²) in [5.41, 5.74) is 15.8. The molecule has 3 heterocycles.